The van der Waals surface area contributed by atoms with E-state index in [1.54, 1.807) is 37.6 Å². The molecule has 4 aromatic heterocycles. The van der Waals surface area contributed by atoms with Crippen molar-refractivity contribution < 1.29 is 9.26 Å². The summed E-state index contributed by atoms with van der Waals surface area (Å²) in [6.07, 6.45) is 6.11. The summed E-state index contributed by atoms with van der Waals surface area (Å²) in [5.41, 5.74) is 2.16. The van der Waals surface area contributed by atoms with Crippen molar-refractivity contribution in [3.8, 4) is 22.9 Å². The van der Waals surface area contributed by atoms with E-state index < -0.39 is 0 Å². The second-order valence-electron chi connectivity index (χ2n) is 8.07. The van der Waals surface area contributed by atoms with Gasteiger partial charge in [-0.05, 0) is 38.1 Å². The van der Waals surface area contributed by atoms with Crippen molar-refractivity contribution in [2.75, 3.05) is 10.6 Å². The van der Waals surface area contributed by atoms with Crippen LogP contribution in [0, 0.1) is 0 Å². The van der Waals surface area contributed by atoms with Gasteiger partial charge in [-0.15, -0.1) is 0 Å². The Bertz CT molecular complexity index is 1550. The number of aromatic nitrogens is 6. The van der Waals surface area contributed by atoms with Crippen molar-refractivity contribution in [2.45, 2.75) is 19.9 Å². The number of ether oxygens (including phenoxy) is 1. The molecule has 0 radical (unpaired) electrons. The van der Waals surface area contributed by atoms with Crippen molar-refractivity contribution in [3.05, 3.63) is 71.6 Å². The lowest BCUT2D eigenvalue weighted by molar-refractivity contribution is 0.420. The number of benzene rings is 1. The lowest BCUT2D eigenvalue weighted by Gasteiger charge is -2.13. The SMILES string of the molecule is CC(C)Nc1ncc(-c2ccc3cc(Oc4ccnc(Nc5cnoc5)n4)ccc3n2)c(=O)n1C. The van der Waals surface area contributed by atoms with Crippen molar-refractivity contribution in [1.82, 2.24) is 29.7 Å². The average Bonchev–Trinajstić information content (AvgIpc) is 3.35. The Balaban J connectivity index is 1.38. The standard InChI is InChI=1S/C24H22N8O3/c1-14(2)28-24-26-12-18(22(33)32(24)3)20-6-4-15-10-17(5-7-19(15)30-20)35-21-8-9-25-23(31-21)29-16-11-27-34-13-16/h4-14H,1-3H3,(H,26,28)(H,25,29,31). The minimum atomic E-state index is -0.172. The number of nitrogens with zero attached hydrogens (tertiary/aromatic N) is 6. The Labute approximate surface area is 199 Å². The summed E-state index contributed by atoms with van der Waals surface area (Å²) in [4.78, 5) is 30.4. The lowest BCUT2D eigenvalue weighted by atomic mass is 10.1. The van der Waals surface area contributed by atoms with Gasteiger partial charge in [0, 0.05) is 36.9 Å². The molecular weight excluding hydrogens is 448 g/mol. The van der Waals surface area contributed by atoms with Gasteiger partial charge < -0.3 is 19.9 Å². The van der Waals surface area contributed by atoms with Crippen LogP contribution in [-0.4, -0.2) is 35.7 Å². The summed E-state index contributed by atoms with van der Waals surface area (Å²) < 4.78 is 12.2. The first-order chi connectivity index (χ1) is 17.0. The fourth-order valence-electron chi connectivity index (χ4n) is 3.41. The Hall–Kier alpha value is -4.80. The van der Waals surface area contributed by atoms with Crippen LogP contribution in [0.4, 0.5) is 17.6 Å². The minimum Gasteiger partial charge on any atom is -0.439 e. The van der Waals surface area contributed by atoms with E-state index in [1.165, 1.54) is 17.0 Å². The summed E-state index contributed by atoms with van der Waals surface area (Å²) in [5, 5.41) is 10.6. The largest absolute Gasteiger partial charge is 0.439 e. The van der Waals surface area contributed by atoms with Gasteiger partial charge in [-0.1, -0.05) is 11.2 Å². The van der Waals surface area contributed by atoms with E-state index >= 15 is 0 Å². The molecule has 0 aliphatic carbocycles. The van der Waals surface area contributed by atoms with E-state index in [1.807, 2.05) is 32.0 Å². The third kappa shape index (κ3) is 4.78. The highest BCUT2D eigenvalue weighted by molar-refractivity contribution is 5.82. The van der Waals surface area contributed by atoms with E-state index in [9.17, 15) is 4.79 Å². The molecule has 35 heavy (non-hydrogen) atoms. The molecule has 0 saturated carbocycles. The highest BCUT2D eigenvalue weighted by Gasteiger charge is 2.12. The van der Waals surface area contributed by atoms with Crippen molar-refractivity contribution in [2.24, 2.45) is 7.05 Å². The van der Waals surface area contributed by atoms with Crippen LogP contribution in [0.15, 0.2) is 70.6 Å². The monoisotopic (exact) mass is 470 g/mol. The van der Waals surface area contributed by atoms with E-state index in [0.29, 0.717) is 40.5 Å². The summed E-state index contributed by atoms with van der Waals surface area (Å²) in [6.45, 7) is 3.98. The van der Waals surface area contributed by atoms with Gasteiger partial charge in [0.2, 0.25) is 17.8 Å². The maximum Gasteiger partial charge on any atom is 0.264 e. The molecule has 11 nitrogen and oxygen atoms in total. The number of pyridine rings is 1. The molecule has 0 unspecified atom stereocenters. The van der Waals surface area contributed by atoms with Crippen molar-refractivity contribution in [3.63, 3.8) is 0 Å². The predicted molar refractivity (Wildman–Crippen MR) is 131 cm³/mol. The highest BCUT2D eigenvalue weighted by atomic mass is 16.5. The summed E-state index contributed by atoms with van der Waals surface area (Å²) >= 11 is 0. The summed E-state index contributed by atoms with van der Waals surface area (Å²) in [7, 11) is 1.69. The smallest absolute Gasteiger partial charge is 0.264 e. The van der Waals surface area contributed by atoms with Gasteiger partial charge in [-0.25, -0.2) is 15.0 Å². The number of nitrogens with one attached hydrogen (secondary N) is 2. The summed E-state index contributed by atoms with van der Waals surface area (Å²) in [5.74, 6) is 1.82. The molecule has 1 aromatic carbocycles. The van der Waals surface area contributed by atoms with E-state index in [-0.39, 0.29) is 11.6 Å². The quantitative estimate of drug-likeness (QED) is 0.358. The molecule has 176 valence electrons. The van der Waals surface area contributed by atoms with Gasteiger partial charge in [-0.2, -0.15) is 4.98 Å². The van der Waals surface area contributed by atoms with Crippen LogP contribution in [0.25, 0.3) is 22.2 Å². The van der Waals surface area contributed by atoms with Crippen LogP contribution in [0.3, 0.4) is 0 Å². The normalized spacial score (nSPS) is 11.1. The third-order valence-corrected chi connectivity index (χ3v) is 5.06. The Morgan fingerprint density at radius 1 is 1.06 bits per heavy atom. The van der Waals surface area contributed by atoms with Crippen molar-refractivity contribution in [1.29, 1.82) is 0 Å². The van der Waals surface area contributed by atoms with Crippen LogP contribution in [0.1, 0.15) is 13.8 Å². The number of fused-ring (bicyclic) bond motifs is 1. The number of rotatable bonds is 7. The first-order valence-electron chi connectivity index (χ1n) is 10.9. The average molecular weight is 470 g/mol. The maximum absolute atomic E-state index is 12.9. The van der Waals surface area contributed by atoms with Gasteiger partial charge in [0.25, 0.3) is 5.56 Å². The van der Waals surface area contributed by atoms with Crippen LogP contribution >= 0.6 is 0 Å². The summed E-state index contributed by atoms with van der Waals surface area (Å²) in [6, 6.07) is 11.0. The maximum atomic E-state index is 12.9. The molecule has 0 saturated heterocycles. The fourth-order valence-corrected chi connectivity index (χ4v) is 3.41. The molecule has 4 heterocycles. The molecule has 2 N–H and O–H groups in total. The zero-order chi connectivity index (χ0) is 24.4. The molecule has 5 rings (SSSR count). The number of hydrogen-bond acceptors (Lipinski definition) is 10. The van der Waals surface area contributed by atoms with Crippen LogP contribution in [-0.2, 0) is 7.05 Å². The molecular formula is C24H22N8O3. The lowest BCUT2D eigenvalue weighted by Crippen LogP contribution is -2.25. The Morgan fingerprint density at radius 3 is 2.74 bits per heavy atom. The second-order valence-corrected chi connectivity index (χ2v) is 8.07. The topological polar surface area (TPSA) is 133 Å². The molecule has 0 fully saturated rings. The number of anilines is 3. The van der Waals surface area contributed by atoms with Crippen LogP contribution in [0.5, 0.6) is 11.6 Å². The molecule has 0 aliphatic rings. The van der Waals surface area contributed by atoms with Gasteiger partial charge in [-0.3, -0.25) is 9.36 Å². The first kappa shape index (κ1) is 22.0. The van der Waals surface area contributed by atoms with Gasteiger partial charge >= 0.3 is 0 Å². The van der Waals surface area contributed by atoms with Gasteiger partial charge in [0.1, 0.15) is 17.7 Å². The van der Waals surface area contributed by atoms with E-state index in [2.05, 4.69) is 35.7 Å². The highest BCUT2D eigenvalue weighted by Crippen LogP contribution is 2.26. The first-order valence-corrected chi connectivity index (χ1v) is 10.9. The Morgan fingerprint density at radius 2 is 1.94 bits per heavy atom. The van der Waals surface area contributed by atoms with Gasteiger partial charge in [0.05, 0.1) is 23.0 Å². The molecule has 0 spiro atoms. The molecule has 5 aromatic rings. The fraction of sp³-hybridized carbons (Fsp3) is 0.167. The number of hydrogen-bond donors (Lipinski definition) is 2. The molecule has 0 amide bonds. The second kappa shape index (κ2) is 9.21. The third-order valence-electron chi connectivity index (χ3n) is 5.06. The van der Waals surface area contributed by atoms with Crippen LogP contribution < -0.4 is 20.9 Å². The van der Waals surface area contributed by atoms with Gasteiger partial charge in [0.15, 0.2) is 0 Å². The van der Waals surface area contributed by atoms with E-state index in [0.717, 1.165) is 10.9 Å². The van der Waals surface area contributed by atoms with Crippen molar-refractivity contribution >= 4 is 28.5 Å². The Kier molecular flexibility index (Phi) is 5.80. The zero-order valence-electron chi connectivity index (χ0n) is 19.3. The zero-order valence-corrected chi connectivity index (χ0v) is 19.3. The molecule has 11 heteroatoms. The minimum absolute atomic E-state index is 0.160. The molecule has 0 bridgehead atoms. The van der Waals surface area contributed by atoms with E-state index in [4.69, 9.17) is 9.26 Å². The molecule has 0 atom stereocenters. The predicted octanol–water partition coefficient (Wildman–Crippen LogP) is 4.13. The van der Waals surface area contributed by atoms with Crippen LogP contribution in [0.2, 0.25) is 0 Å². The molecule has 0 aliphatic heterocycles.